The summed E-state index contributed by atoms with van der Waals surface area (Å²) in [6.07, 6.45) is 1.79. The molecule has 0 bridgehead atoms. The number of aliphatic imine (C=N–C) groups is 1. The van der Waals surface area contributed by atoms with E-state index in [1.165, 1.54) is 4.90 Å². The van der Waals surface area contributed by atoms with Crippen LogP contribution in [0.3, 0.4) is 0 Å². The SMILES string of the molecule is CN=C(C)C(C(C)=N)c1cnc2c(N3CCOCC3)nc(-c3ccc(NC(=O)Nc4ccc(C(=O)N(C)C)cc4)cc3)nc2c1. The van der Waals surface area contributed by atoms with Crippen LogP contribution in [0.5, 0.6) is 0 Å². The lowest BCUT2D eigenvalue weighted by molar-refractivity contribution is 0.0827. The van der Waals surface area contributed by atoms with Crippen LogP contribution < -0.4 is 15.5 Å². The fraction of sp³-hybridized carbons (Fsp3) is 0.303. The van der Waals surface area contributed by atoms with Crippen LogP contribution in [0.4, 0.5) is 22.0 Å². The molecule has 2 aromatic carbocycles. The zero-order chi connectivity index (χ0) is 32.1. The summed E-state index contributed by atoms with van der Waals surface area (Å²) in [5.74, 6) is 0.859. The van der Waals surface area contributed by atoms with E-state index < -0.39 is 6.03 Å². The van der Waals surface area contributed by atoms with Gasteiger partial charge in [0.1, 0.15) is 5.52 Å². The van der Waals surface area contributed by atoms with E-state index in [0.29, 0.717) is 65.8 Å². The number of fused-ring (bicyclic) bond motifs is 1. The molecule has 1 fully saturated rings. The van der Waals surface area contributed by atoms with E-state index in [2.05, 4.69) is 20.5 Å². The number of anilines is 3. The maximum Gasteiger partial charge on any atom is 0.323 e. The standard InChI is InChI=1S/C33H37N9O3/c1-20(34)28(21(2)35-3)24-18-27-29(36-19-24)31(42-14-16-45-17-15-42)40-30(39-27)22-6-10-25(11-7-22)37-33(44)38-26-12-8-23(9-13-26)32(43)41(4)5/h6-13,18-19,28,34H,14-17H2,1-5H3,(H2,37,38,44). The molecule has 0 aliphatic carbocycles. The van der Waals surface area contributed by atoms with Crippen molar-refractivity contribution in [1.82, 2.24) is 19.9 Å². The van der Waals surface area contributed by atoms with Crippen molar-refractivity contribution in [2.24, 2.45) is 4.99 Å². The van der Waals surface area contributed by atoms with Crippen molar-refractivity contribution < 1.29 is 14.3 Å². The Morgan fingerprint density at radius 3 is 2.18 bits per heavy atom. The van der Waals surface area contributed by atoms with Crippen LogP contribution in [-0.4, -0.2) is 90.7 Å². The summed E-state index contributed by atoms with van der Waals surface area (Å²) in [6, 6.07) is 15.6. The Bertz CT molecular complexity index is 1750. The van der Waals surface area contributed by atoms with Crippen molar-refractivity contribution in [2.75, 3.05) is 63.0 Å². The molecule has 1 aliphatic rings. The largest absolute Gasteiger partial charge is 0.378 e. The van der Waals surface area contributed by atoms with E-state index in [-0.39, 0.29) is 11.8 Å². The Labute approximate surface area is 262 Å². The highest BCUT2D eigenvalue weighted by Gasteiger charge is 2.23. The minimum atomic E-state index is -0.411. The van der Waals surface area contributed by atoms with Crippen molar-refractivity contribution in [3.63, 3.8) is 0 Å². The number of urea groups is 1. The van der Waals surface area contributed by atoms with Crippen LogP contribution in [0, 0.1) is 5.41 Å². The Balaban J connectivity index is 1.40. The highest BCUT2D eigenvalue weighted by atomic mass is 16.5. The number of ether oxygens (including phenoxy) is 1. The molecule has 1 unspecified atom stereocenters. The quantitative estimate of drug-likeness (QED) is 0.236. The first-order valence-electron chi connectivity index (χ1n) is 14.6. The summed E-state index contributed by atoms with van der Waals surface area (Å²) in [7, 11) is 5.11. The zero-order valence-corrected chi connectivity index (χ0v) is 26.1. The number of nitrogens with one attached hydrogen (secondary N) is 3. The van der Waals surface area contributed by atoms with Gasteiger partial charge in [-0.2, -0.15) is 0 Å². The summed E-state index contributed by atoms with van der Waals surface area (Å²) in [4.78, 5) is 47.4. The van der Waals surface area contributed by atoms with E-state index in [0.717, 1.165) is 22.7 Å². The number of hydrogen-bond donors (Lipinski definition) is 3. The summed E-state index contributed by atoms with van der Waals surface area (Å²) in [5.41, 5.74) is 5.98. The van der Waals surface area contributed by atoms with Crippen LogP contribution in [0.25, 0.3) is 22.4 Å². The molecular weight excluding hydrogens is 570 g/mol. The molecule has 1 atom stereocenters. The van der Waals surface area contributed by atoms with Gasteiger partial charge in [-0.3, -0.25) is 14.8 Å². The van der Waals surface area contributed by atoms with Gasteiger partial charge in [-0.1, -0.05) is 0 Å². The highest BCUT2D eigenvalue weighted by molar-refractivity contribution is 6.09. The molecule has 0 spiro atoms. The summed E-state index contributed by atoms with van der Waals surface area (Å²) in [5, 5.41) is 14.0. The fourth-order valence-corrected chi connectivity index (χ4v) is 5.19. The van der Waals surface area contributed by atoms with Crippen molar-refractivity contribution in [2.45, 2.75) is 19.8 Å². The van der Waals surface area contributed by atoms with Gasteiger partial charge in [0.15, 0.2) is 11.6 Å². The molecule has 3 heterocycles. The molecule has 232 valence electrons. The molecular formula is C33H37N9O3. The second-order valence-corrected chi connectivity index (χ2v) is 11.0. The third-order valence-corrected chi connectivity index (χ3v) is 7.58. The van der Waals surface area contributed by atoms with Gasteiger partial charge >= 0.3 is 6.03 Å². The number of nitrogens with zero attached hydrogens (tertiary/aromatic N) is 6. The van der Waals surface area contributed by atoms with Crippen LogP contribution in [0.1, 0.15) is 35.7 Å². The second kappa shape index (κ2) is 13.6. The van der Waals surface area contributed by atoms with Gasteiger partial charge in [0.05, 0.1) is 24.6 Å². The Kier molecular flexibility index (Phi) is 9.43. The number of carbonyl (C=O) groups excluding carboxylic acids is 2. The van der Waals surface area contributed by atoms with Crippen molar-refractivity contribution in [3.8, 4) is 11.4 Å². The normalized spacial score (nSPS) is 14.2. The topological polar surface area (TPSA) is 149 Å². The lowest BCUT2D eigenvalue weighted by Crippen LogP contribution is -2.37. The smallest absolute Gasteiger partial charge is 0.323 e. The molecule has 0 radical (unpaired) electrons. The molecule has 45 heavy (non-hydrogen) atoms. The number of morpholine rings is 1. The third kappa shape index (κ3) is 7.13. The molecule has 0 saturated carbocycles. The molecule has 12 nitrogen and oxygen atoms in total. The minimum absolute atomic E-state index is 0.109. The molecule has 3 N–H and O–H groups in total. The van der Waals surface area contributed by atoms with Gasteiger partial charge in [-0.25, -0.2) is 14.8 Å². The van der Waals surface area contributed by atoms with Gasteiger partial charge in [0.25, 0.3) is 5.91 Å². The first-order chi connectivity index (χ1) is 21.6. The van der Waals surface area contributed by atoms with Gasteiger partial charge in [0.2, 0.25) is 0 Å². The summed E-state index contributed by atoms with van der Waals surface area (Å²) < 4.78 is 5.57. The molecule has 5 rings (SSSR count). The monoisotopic (exact) mass is 607 g/mol. The number of pyridine rings is 1. The third-order valence-electron chi connectivity index (χ3n) is 7.58. The number of amides is 3. The number of carbonyl (C=O) groups is 2. The molecule has 1 saturated heterocycles. The van der Waals surface area contributed by atoms with Crippen molar-refractivity contribution >= 4 is 51.6 Å². The average Bonchev–Trinajstić information content (AvgIpc) is 3.04. The number of benzene rings is 2. The summed E-state index contributed by atoms with van der Waals surface area (Å²) in [6.45, 7) is 6.25. The molecule has 4 aromatic rings. The second-order valence-electron chi connectivity index (χ2n) is 11.0. The fourth-order valence-electron chi connectivity index (χ4n) is 5.19. The minimum Gasteiger partial charge on any atom is -0.378 e. The van der Waals surface area contributed by atoms with Gasteiger partial charge in [0, 0.05) is 74.4 Å². The van der Waals surface area contributed by atoms with Crippen LogP contribution >= 0.6 is 0 Å². The maximum atomic E-state index is 12.7. The predicted molar refractivity (Wildman–Crippen MR) is 178 cm³/mol. The van der Waals surface area contributed by atoms with Crippen molar-refractivity contribution in [1.29, 1.82) is 5.41 Å². The van der Waals surface area contributed by atoms with Gasteiger partial charge < -0.3 is 30.6 Å². The lowest BCUT2D eigenvalue weighted by atomic mass is 9.91. The molecule has 2 aromatic heterocycles. The van der Waals surface area contributed by atoms with Gasteiger partial charge in [-0.15, -0.1) is 0 Å². The number of rotatable bonds is 8. The maximum absolute atomic E-state index is 12.7. The van der Waals surface area contributed by atoms with Crippen LogP contribution in [0.15, 0.2) is 65.8 Å². The highest BCUT2D eigenvalue weighted by Crippen LogP contribution is 2.30. The molecule has 3 amide bonds. The van der Waals surface area contributed by atoms with Crippen LogP contribution in [-0.2, 0) is 4.74 Å². The van der Waals surface area contributed by atoms with E-state index in [1.807, 2.05) is 25.1 Å². The summed E-state index contributed by atoms with van der Waals surface area (Å²) >= 11 is 0. The first-order valence-corrected chi connectivity index (χ1v) is 14.6. The average molecular weight is 608 g/mol. The van der Waals surface area contributed by atoms with E-state index >= 15 is 0 Å². The van der Waals surface area contributed by atoms with Crippen LogP contribution in [0.2, 0.25) is 0 Å². The van der Waals surface area contributed by atoms with Crippen molar-refractivity contribution in [3.05, 3.63) is 71.9 Å². The van der Waals surface area contributed by atoms with E-state index in [4.69, 9.17) is 25.1 Å². The lowest BCUT2D eigenvalue weighted by Gasteiger charge is -2.28. The van der Waals surface area contributed by atoms with E-state index in [1.54, 1.807) is 70.7 Å². The van der Waals surface area contributed by atoms with E-state index in [9.17, 15) is 9.59 Å². The molecule has 12 heteroatoms. The van der Waals surface area contributed by atoms with Gasteiger partial charge in [-0.05, 0) is 74.0 Å². The Hall–Kier alpha value is -5.23. The Morgan fingerprint density at radius 1 is 0.978 bits per heavy atom. The predicted octanol–water partition coefficient (Wildman–Crippen LogP) is 5.09. The zero-order valence-electron chi connectivity index (χ0n) is 26.1. The number of aromatic nitrogens is 3. The first kappa shape index (κ1) is 31.2. The molecule has 1 aliphatic heterocycles. The Morgan fingerprint density at radius 2 is 1.60 bits per heavy atom. The number of hydrogen-bond acceptors (Lipinski definition) is 9.